The summed E-state index contributed by atoms with van der Waals surface area (Å²) >= 11 is 0. The van der Waals surface area contributed by atoms with E-state index < -0.39 is 8.07 Å². The van der Waals surface area contributed by atoms with Crippen LogP contribution in [0, 0.1) is 0 Å². The van der Waals surface area contributed by atoms with Gasteiger partial charge in [-0.05, 0) is 17.9 Å². The Morgan fingerprint density at radius 1 is 1.23 bits per heavy atom. The fourth-order valence-corrected chi connectivity index (χ4v) is 2.09. The molecule has 0 aromatic rings. The van der Waals surface area contributed by atoms with Gasteiger partial charge in [0.05, 0.1) is 8.07 Å². The number of hydrogen-bond donors (Lipinski definition) is 1. The second kappa shape index (κ2) is 4.96. The molecule has 0 aliphatic rings. The zero-order chi connectivity index (χ0) is 10.5. The molecule has 0 fully saturated rings. The van der Waals surface area contributed by atoms with Crippen LogP contribution in [0.2, 0.25) is 18.1 Å². The predicted molar refractivity (Wildman–Crippen MR) is 62.7 cm³/mol. The molecule has 0 unspecified atom stereocenters. The van der Waals surface area contributed by atoms with Gasteiger partial charge in [-0.2, -0.15) is 0 Å². The van der Waals surface area contributed by atoms with Crippen molar-refractivity contribution in [1.29, 1.82) is 0 Å². The lowest BCUT2D eigenvalue weighted by atomic mass is 10.2. The average Bonchev–Trinajstić information content (AvgIpc) is 1.96. The average molecular weight is 200 g/mol. The summed E-state index contributed by atoms with van der Waals surface area (Å²) in [4.78, 5) is 0. The van der Waals surface area contributed by atoms with Crippen LogP contribution in [0.5, 0.6) is 0 Å². The van der Waals surface area contributed by atoms with Crippen LogP contribution in [-0.4, -0.2) is 19.8 Å². The van der Waals surface area contributed by atoms with E-state index in [1.807, 2.05) is 0 Å². The van der Waals surface area contributed by atoms with Gasteiger partial charge in [0, 0.05) is 6.61 Å². The number of rotatable bonds is 4. The lowest BCUT2D eigenvalue weighted by molar-refractivity contribution is 0.289. The minimum Gasteiger partial charge on any atom is -0.396 e. The third-order valence-electron chi connectivity index (χ3n) is 3.00. The van der Waals surface area contributed by atoms with Gasteiger partial charge in [-0.3, -0.25) is 0 Å². The highest BCUT2D eigenvalue weighted by molar-refractivity contribution is 6.84. The Bertz CT molecular complexity index is 165. The molecule has 0 heterocycles. The number of aliphatic hydroxyl groups excluding tert-OH is 1. The van der Waals surface area contributed by atoms with Gasteiger partial charge in [-0.25, -0.2) is 0 Å². The van der Waals surface area contributed by atoms with Gasteiger partial charge in [0.1, 0.15) is 0 Å². The summed E-state index contributed by atoms with van der Waals surface area (Å²) in [5, 5.41) is 9.07. The summed E-state index contributed by atoms with van der Waals surface area (Å²) in [6.45, 7) is 12.0. The van der Waals surface area contributed by atoms with Crippen LogP contribution in [0.25, 0.3) is 0 Å². The molecule has 2 heteroatoms. The Morgan fingerprint density at radius 3 is 2.15 bits per heavy atom. The first-order valence-electron chi connectivity index (χ1n) is 5.10. The molecule has 0 rings (SSSR count). The van der Waals surface area contributed by atoms with Gasteiger partial charge in [0.25, 0.3) is 0 Å². The van der Waals surface area contributed by atoms with Crippen molar-refractivity contribution in [3.05, 3.63) is 11.8 Å². The van der Waals surface area contributed by atoms with Crippen LogP contribution < -0.4 is 0 Å². The highest BCUT2D eigenvalue weighted by Gasteiger charge is 2.31. The summed E-state index contributed by atoms with van der Waals surface area (Å²) in [6.07, 6.45) is 4.15. The van der Waals surface area contributed by atoms with Gasteiger partial charge >= 0.3 is 0 Å². The van der Waals surface area contributed by atoms with E-state index >= 15 is 0 Å². The van der Waals surface area contributed by atoms with Gasteiger partial charge in [-0.1, -0.05) is 45.6 Å². The maximum atomic E-state index is 8.63. The monoisotopic (exact) mass is 200 g/mol. The maximum Gasteiger partial charge on any atom is 0.0766 e. The zero-order valence-corrected chi connectivity index (χ0v) is 10.7. The van der Waals surface area contributed by atoms with Crippen molar-refractivity contribution in [3.63, 3.8) is 0 Å². The predicted octanol–water partition coefficient (Wildman–Crippen LogP) is 3.36. The standard InChI is InChI=1S/C11H24OSi/c1-11(2,3)13(4,5)10-8-6-7-9-12/h8,10,12H,6-7,9H2,1-5H3/b10-8-. The third kappa shape index (κ3) is 4.63. The van der Waals surface area contributed by atoms with E-state index in [0.29, 0.717) is 11.6 Å². The van der Waals surface area contributed by atoms with Crippen LogP contribution in [0.1, 0.15) is 33.6 Å². The minimum atomic E-state index is -1.22. The normalized spacial score (nSPS) is 14.0. The molecule has 0 spiro atoms. The van der Waals surface area contributed by atoms with Crippen LogP contribution in [-0.2, 0) is 0 Å². The molecular weight excluding hydrogens is 176 g/mol. The van der Waals surface area contributed by atoms with E-state index in [4.69, 9.17) is 5.11 Å². The van der Waals surface area contributed by atoms with Crippen molar-refractivity contribution in [3.8, 4) is 0 Å². The summed E-state index contributed by atoms with van der Waals surface area (Å²) in [5.74, 6) is 0. The van der Waals surface area contributed by atoms with Crippen LogP contribution in [0.4, 0.5) is 0 Å². The fraction of sp³-hybridized carbons (Fsp3) is 0.818. The van der Waals surface area contributed by atoms with Gasteiger partial charge in [0.15, 0.2) is 0 Å². The van der Waals surface area contributed by atoms with Crippen molar-refractivity contribution in [1.82, 2.24) is 0 Å². The van der Waals surface area contributed by atoms with Crippen molar-refractivity contribution in [2.75, 3.05) is 6.61 Å². The van der Waals surface area contributed by atoms with Crippen molar-refractivity contribution in [2.24, 2.45) is 0 Å². The second-order valence-corrected chi connectivity index (χ2v) is 10.5. The summed E-state index contributed by atoms with van der Waals surface area (Å²) in [5.41, 5.74) is 2.41. The van der Waals surface area contributed by atoms with E-state index in [1.54, 1.807) is 0 Å². The Hall–Kier alpha value is -0.0831. The third-order valence-corrected chi connectivity index (χ3v) is 7.93. The fourth-order valence-electron chi connectivity index (χ4n) is 0.837. The second-order valence-electron chi connectivity index (χ2n) is 5.24. The first kappa shape index (κ1) is 12.9. The molecule has 0 aromatic heterocycles. The lowest BCUT2D eigenvalue weighted by Gasteiger charge is -2.34. The molecule has 0 amide bonds. The Labute approximate surface area is 83.9 Å². The minimum absolute atomic E-state index is 0.307. The van der Waals surface area contributed by atoms with Gasteiger partial charge in [-0.15, -0.1) is 0 Å². The number of hydrogen-bond acceptors (Lipinski definition) is 1. The van der Waals surface area contributed by atoms with Crippen LogP contribution in [0.15, 0.2) is 11.8 Å². The zero-order valence-electron chi connectivity index (χ0n) is 9.72. The Morgan fingerprint density at radius 2 is 1.77 bits per heavy atom. The van der Waals surface area contributed by atoms with Gasteiger partial charge in [0.2, 0.25) is 0 Å². The van der Waals surface area contributed by atoms with Crippen molar-refractivity contribution >= 4 is 8.07 Å². The molecule has 0 radical (unpaired) electrons. The topological polar surface area (TPSA) is 20.2 Å². The quantitative estimate of drug-likeness (QED) is 0.545. The summed E-state index contributed by atoms with van der Waals surface area (Å²) < 4.78 is 0. The molecule has 0 aromatic carbocycles. The molecule has 0 aliphatic carbocycles. The molecule has 0 aliphatic heterocycles. The molecule has 0 saturated carbocycles. The molecule has 0 saturated heterocycles. The van der Waals surface area contributed by atoms with Crippen LogP contribution in [0.3, 0.4) is 0 Å². The largest absolute Gasteiger partial charge is 0.396 e. The molecule has 0 bridgehead atoms. The first-order valence-corrected chi connectivity index (χ1v) is 8.17. The highest BCUT2D eigenvalue weighted by atomic mass is 28.3. The smallest absolute Gasteiger partial charge is 0.0766 e. The highest BCUT2D eigenvalue weighted by Crippen LogP contribution is 2.36. The summed E-state index contributed by atoms with van der Waals surface area (Å²) in [6, 6.07) is 0. The SMILES string of the molecule is CC(C)(C)[Si](C)(C)/C=C\CCCO. The van der Waals surface area contributed by atoms with Crippen LogP contribution >= 0.6 is 0 Å². The molecule has 1 nitrogen and oxygen atoms in total. The lowest BCUT2D eigenvalue weighted by Crippen LogP contribution is -2.34. The molecule has 1 N–H and O–H groups in total. The van der Waals surface area contributed by atoms with E-state index in [-0.39, 0.29) is 0 Å². The van der Waals surface area contributed by atoms with E-state index in [1.165, 1.54) is 0 Å². The Kier molecular flexibility index (Phi) is 4.93. The van der Waals surface area contributed by atoms with E-state index in [0.717, 1.165) is 12.8 Å². The molecule has 0 atom stereocenters. The van der Waals surface area contributed by atoms with E-state index in [2.05, 4.69) is 45.6 Å². The number of unbranched alkanes of at least 4 members (excludes halogenated alkanes) is 1. The summed E-state index contributed by atoms with van der Waals surface area (Å²) in [7, 11) is -1.22. The van der Waals surface area contributed by atoms with Crippen molar-refractivity contribution in [2.45, 2.75) is 51.7 Å². The molecule has 78 valence electrons. The number of allylic oxidation sites excluding steroid dienone is 1. The molecule has 13 heavy (non-hydrogen) atoms. The molecular formula is C11H24OSi. The number of aliphatic hydroxyl groups is 1. The van der Waals surface area contributed by atoms with Gasteiger partial charge < -0.3 is 5.11 Å². The first-order chi connectivity index (χ1) is 5.81. The van der Waals surface area contributed by atoms with Crippen molar-refractivity contribution < 1.29 is 5.11 Å². The maximum absolute atomic E-state index is 8.63. The Balaban J connectivity index is 4.09. The van der Waals surface area contributed by atoms with E-state index in [9.17, 15) is 0 Å².